The summed E-state index contributed by atoms with van der Waals surface area (Å²) < 4.78 is 19.5. The molecule has 1 aromatic heterocycles. The van der Waals surface area contributed by atoms with Crippen molar-refractivity contribution in [3.05, 3.63) is 95.6 Å². The van der Waals surface area contributed by atoms with Crippen LogP contribution in [0.1, 0.15) is 16.8 Å². The lowest BCUT2D eigenvalue weighted by Gasteiger charge is -2.12. The SMILES string of the molecule is Cl.Fc1ccccc1COc1ccccc1CNCc1ccccn1. The van der Waals surface area contributed by atoms with E-state index in [1.807, 2.05) is 48.5 Å². The maximum atomic E-state index is 13.7. The highest BCUT2D eigenvalue weighted by molar-refractivity contribution is 5.85. The second-order valence-electron chi connectivity index (χ2n) is 5.41. The molecule has 3 aromatic rings. The Balaban J connectivity index is 0.00000225. The maximum Gasteiger partial charge on any atom is 0.129 e. The molecule has 0 spiro atoms. The molecule has 0 atom stereocenters. The second kappa shape index (κ2) is 9.77. The van der Waals surface area contributed by atoms with E-state index in [4.69, 9.17) is 4.74 Å². The normalized spacial score (nSPS) is 10.1. The molecule has 25 heavy (non-hydrogen) atoms. The van der Waals surface area contributed by atoms with Gasteiger partial charge in [0.25, 0.3) is 0 Å². The molecule has 5 heteroatoms. The van der Waals surface area contributed by atoms with Crippen molar-refractivity contribution in [1.82, 2.24) is 10.3 Å². The van der Waals surface area contributed by atoms with Gasteiger partial charge in [-0.1, -0.05) is 42.5 Å². The fraction of sp³-hybridized carbons (Fsp3) is 0.150. The molecule has 0 fully saturated rings. The zero-order chi connectivity index (χ0) is 16.6. The minimum atomic E-state index is -0.247. The third kappa shape index (κ3) is 5.55. The minimum absolute atomic E-state index is 0. The molecule has 1 N–H and O–H groups in total. The molecular weight excluding hydrogens is 339 g/mol. The van der Waals surface area contributed by atoms with Crippen molar-refractivity contribution < 1.29 is 9.13 Å². The molecule has 0 saturated carbocycles. The van der Waals surface area contributed by atoms with Crippen LogP contribution in [0, 0.1) is 5.82 Å². The first-order valence-corrected chi connectivity index (χ1v) is 7.87. The Morgan fingerprint density at radius 2 is 1.56 bits per heavy atom. The number of pyridine rings is 1. The summed E-state index contributed by atoms with van der Waals surface area (Å²) in [5.41, 5.74) is 2.57. The van der Waals surface area contributed by atoms with E-state index in [2.05, 4.69) is 10.3 Å². The molecule has 1 heterocycles. The van der Waals surface area contributed by atoms with Crippen LogP contribution in [0.25, 0.3) is 0 Å². The van der Waals surface area contributed by atoms with Gasteiger partial charge in [0.1, 0.15) is 18.2 Å². The van der Waals surface area contributed by atoms with Gasteiger partial charge in [-0.05, 0) is 24.3 Å². The fourth-order valence-electron chi connectivity index (χ4n) is 2.39. The van der Waals surface area contributed by atoms with Gasteiger partial charge in [-0.15, -0.1) is 12.4 Å². The van der Waals surface area contributed by atoms with Crippen LogP contribution in [0.15, 0.2) is 72.9 Å². The monoisotopic (exact) mass is 358 g/mol. The molecule has 0 aliphatic rings. The molecule has 0 unspecified atom stereocenters. The fourth-order valence-corrected chi connectivity index (χ4v) is 2.39. The van der Waals surface area contributed by atoms with Crippen LogP contribution in [-0.4, -0.2) is 4.98 Å². The first-order chi connectivity index (χ1) is 11.8. The number of nitrogens with one attached hydrogen (secondary N) is 1. The predicted octanol–water partition coefficient (Wildman–Crippen LogP) is 4.51. The summed E-state index contributed by atoms with van der Waals surface area (Å²) in [7, 11) is 0. The lowest BCUT2D eigenvalue weighted by Crippen LogP contribution is -2.14. The number of hydrogen-bond donors (Lipinski definition) is 1. The summed E-state index contributed by atoms with van der Waals surface area (Å²) in [4.78, 5) is 4.28. The first kappa shape index (κ1) is 18.9. The average molecular weight is 359 g/mol. The third-order valence-electron chi connectivity index (χ3n) is 3.66. The summed E-state index contributed by atoms with van der Waals surface area (Å²) in [5, 5.41) is 3.35. The zero-order valence-electron chi connectivity index (χ0n) is 13.7. The Morgan fingerprint density at radius 1 is 0.840 bits per heavy atom. The van der Waals surface area contributed by atoms with Crippen molar-refractivity contribution in [2.24, 2.45) is 0 Å². The van der Waals surface area contributed by atoms with Gasteiger partial charge in [0.15, 0.2) is 0 Å². The van der Waals surface area contributed by atoms with Crippen molar-refractivity contribution in [2.75, 3.05) is 0 Å². The Hall–Kier alpha value is -2.43. The van der Waals surface area contributed by atoms with Gasteiger partial charge >= 0.3 is 0 Å². The standard InChI is InChI=1S/C20H19FN2O.ClH/c21-19-10-3-1-8-17(19)15-24-20-11-4-2-7-16(20)13-22-14-18-9-5-6-12-23-18;/h1-12,22H,13-15H2;1H. The molecule has 130 valence electrons. The number of aromatic nitrogens is 1. The van der Waals surface area contributed by atoms with Crippen LogP contribution < -0.4 is 10.1 Å². The lowest BCUT2D eigenvalue weighted by molar-refractivity contribution is 0.296. The van der Waals surface area contributed by atoms with E-state index in [9.17, 15) is 4.39 Å². The van der Waals surface area contributed by atoms with Crippen LogP contribution in [0.5, 0.6) is 5.75 Å². The van der Waals surface area contributed by atoms with Crippen LogP contribution in [0.4, 0.5) is 4.39 Å². The topological polar surface area (TPSA) is 34.1 Å². The largest absolute Gasteiger partial charge is 0.488 e. The van der Waals surface area contributed by atoms with Crippen LogP contribution in [0.2, 0.25) is 0 Å². The van der Waals surface area contributed by atoms with Gasteiger partial charge in [0.2, 0.25) is 0 Å². The van der Waals surface area contributed by atoms with Gasteiger partial charge in [-0.3, -0.25) is 4.98 Å². The van der Waals surface area contributed by atoms with E-state index in [-0.39, 0.29) is 24.8 Å². The number of benzene rings is 2. The summed E-state index contributed by atoms with van der Waals surface area (Å²) >= 11 is 0. The molecule has 0 radical (unpaired) electrons. The van der Waals surface area contributed by atoms with Gasteiger partial charge in [-0.25, -0.2) is 4.39 Å². The number of para-hydroxylation sites is 1. The van der Waals surface area contributed by atoms with Crippen molar-refractivity contribution >= 4 is 12.4 Å². The first-order valence-electron chi connectivity index (χ1n) is 7.87. The van der Waals surface area contributed by atoms with E-state index < -0.39 is 0 Å². The highest BCUT2D eigenvalue weighted by atomic mass is 35.5. The van der Waals surface area contributed by atoms with Crippen molar-refractivity contribution in [3.63, 3.8) is 0 Å². The summed E-state index contributed by atoms with van der Waals surface area (Å²) in [6.07, 6.45) is 1.78. The number of hydrogen-bond acceptors (Lipinski definition) is 3. The van der Waals surface area contributed by atoms with Gasteiger partial charge < -0.3 is 10.1 Å². The molecule has 0 aliphatic carbocycles. The third-order valence-corrected chi connectivity index (χ3v) is 3.66. The van der Waals surface area contributed by atoms with Crippen molar-refractivity contribution in [1.29, 1.82) is 0 Å². The van der Waals surface area contributed by atoms with Crippen LogP contribution >= 0.6 is 12.4 Å². The number of nitrogens with zero attached hydrogens (tertiary/aromatic N) is 1. The smallest absolute Gasteiger partial charge is 0.129 e. The summed E-state index contributed by atoms with van der Waals surface area (Å²) in [6.45, 7) is 1.55. The number of rotatable bonds is 7. The minimum Gasteiger partial charge on any atom is -0.488 e. The summed E-state index contributed by atoms with van der Waals surface area (Å²) in [5.74, 6) is 0.512. The predicted molar refractivity (Wildman–Crippen MR) is 99.2 cm³/mol. The highest BCUT2D eigenvalue weighted by Gasteiger charge is 2.06. The Kier molecular flexibility index (Phi) is 7.38. The van der Waals surface area contributed by atoms with E-state index >= 15 is 0 Å². The van der Waals surface area contributed by atoms with E-state index in [1.54, 1.807) is 18.3 Å². The Morgan fingerprint density at radius 3 is 2.32 bits per heavy atom. The molecule has 2 aromatic carbocycles. The molecular formula is C20H20ClFN2O. The van der Waals surface area contributed by atoms with E-state index in [0.29, 0.717) is 18.7 Å². The maximum absolute atomic E-state index is 13.7. The average Bonchev–Trinajstić information content (AvgIpc) is 2.63. The number of ether oxygens (including phenoxy) is 1. The molecule has 0 saturated heterocycles. The van der Waals surface area contributed by atoms with Crippen LogP contribution in [-0.2, 0) is 19.7 Å². The zero-order valence-corrected chi connectivity index (χ0v) is 14.5. The van der Waals surface area contributed by atoms with E-state index in [0.717, 1.165) is 17.0 Å². The quantitative estimate of drug-likeness (QED) is 0.674. The van der Waals surface area contributed by atoms with Crippen molar-refractivity contribution in [3.8, 4) is 5.75 Å². The highest BCUT2D eigenvalue weighted by Crippen LogP contribution is 2.20. The number of halogens is 2. The summed E-state index contributed by atoms with van der Waals surface area (Å²) in [6, 6.07) is 20.3. The van der Waals surface area contributed by atoms with Gasteiger partial charge in [-0.2, -0.15) is 0 Å². The van der Waals surface area contributed by atoms with Crippen LogP contribution in [0.3, 0.4) is 0 Å². The van der Waals surface area contributed by atoms with E-state index in [1.165, 1.54) is 6.07 Å². The van der Waals surface area contributed by atoms with Gasteiger partial charge in [0.05, 0.1) is 5.69 Å². The van der Waals surface area contributed by atoms with Gasteiger partial charge in [0, 0.05) is 30.4 Å². The van der Waals surface area contributed by atoms with Crippen molar-refractivity contribution in [2.45, 2.75) is 19.7 Å². The Bertz CT molecular complexity index is 783. The molecule has 0 amide bonds. The molecule has 0 aliphatic heterocycles. The Labute approximate surface area is 153 Å². The molecule has 3 nitrogen and oxygen atoms in total. The lowest BCUT2D eigenvalue weighted by atomic mass is 10.2. The molecule has 0 bridgehead atoms. The molecule has 3 rings (SSSR count). The second-order valence-corrected chi connectivity index (χ2v) is 5.41.